The maximum atomic E-state index is 15.2. The van der Waals surface area contributed by atoms with Gasteiger partial charge >= 0.3 is 0 Å². The Hall–Kier alpha value is -3.91. The lowest BCUT2D eigenvalue weighted by Gasteiger charge is -2.30. The molecule has 0 fully saturated rings. The second-order valence-corrected chi connectivity index (χ2v) is 9.24. The van der Waals surface area contributed by atoms with Crippen LogP contribution in [0.1, 0.15) is 47.9 Å². The summed E-state index contributed by atoms with van der Waals surface area (Å²) in [6.07, 6.45) is 3.13. The van der Waals surface area contributed by atoms with Gasteiger partial charge in [0.15, 0.2) is 11.6 Å². The van der Waals surface area contributed by atoms with E-state index in [2.05, 4.69) is 23.8 Å². The van der Waals surface area contributed by atoms with E-state index in [1.165, 1.54) is 22.6 Å². The van der Waals surface area contributed by atoms with Gasteiger partial charge in [-0.2, -0.15) is 0 Å². The van der Waals surface area contributed by atoms with Gasteiger partial charge in [-0.15, -0.1) is 0 Å². The zero-order chi connectivity index (χ0) is 26.4. The summed E-state index contributed by atoms with van der Waals surface area (Å²) in [5, 5.41) is 18.3. The molecule has 1 aliphatic heterocycles. The number of rotatable bonds is 10. The van der Waals surface area contributed by atoms with E-state index in [9.17, 15) is 9.90 Å². The molecule has 3 aromatic rings. The first-order valence-electron chi connectivity index (χ1n) is 12.3. The van der Waals surface area contributed by atoms with Crippen LogP contribution in [0.2, 0.25) is 0 Å². The number of carbonyl (C=O) groups is 1. The number of halogens is 1. The van der Waals surface area contributed by atoms with Crippen LogP contribution in [0.25, 0.3) is 0 Å². The molecule has 2 aromatic carbocycles. The summed E-state index contributed by atoms with van der Waals surface area (Å²) < 4.78 is 21.0. The molecule has 0 spiro atoms. The zero-order valence-electron chi connectivity index (χ0n) is 21.0. The first-order valence-corrected chi connectivity index (χ1v) is 12.3. The highest BCUT2D eigenvalue weighted by Gasteiger charge is 2.34. The van der Waals surface area contributed by atoms with Gasteiger partial charge in [-0.1, -0.05) is 44.2 Å². The number of aliphatic hydroxyl groups is 1. The molecular weight excluding hydrogens is 471 g/mol. The van der Waals surface area contributed by atoms with Crippen molar-refractivity contribution in [2.45, 2.75) is 32.3 Å². The van der Waals surface area contributed by atoms with Crippen LogP contribution in [0.5, 0.6) is 5.75 Å². The summed E-state index contributed by atoms with van der Waals surface area (Å²) in [7, 11) is 0. The lowest BCUT2D eigenvalue weighted by atomic mass is 9.85. The standard InChI is InChI=1S/C29H31FN4O3/c1-19(2)21-5-3-20(4-6-21)18-37-25-8-7-23(17-24(25)30)26(27(31)22-9-11-32-12-10-22)28-29(36)34(15-16-35)14-13-33-28/h3-12,17,19,26,31,35H,13-16,18H2,1-2H3. The number of ether oxygens (including phenoxy) is 1. The molecule has 192 valence electrons. The van der Waals surface area contributed by atoms with E-state index in [0.29, 0.717) is 30.1 Å². The number of hydrogen-bond acceptors (Lipinski definition) is 6. The monoisotopic (exact) mass is 502 g/mol. The minimum Gasteiger partial charge on any atom is -0.486 e. The molecule has 0 bridgehead atoms. The molecule has 1 aliphatic rings. The van der Waals surface area contributed by atoms with Crippen LogP contribution in [-0.2, 0) is 11.4 Å². The van der Waals surface area contributed by atoms with Crippen LogP contribution in [-0.4, -0.2) is 58.6 Å². The van der Waals surface area contributed by atoms with Gasteiger partial charge in [0.05, 0.1) is 24.8 Å². The Kier molecular flexibility index (Phi) is 8.40. The van der Waals surface area contributed by atoms with E-state index in [1.54, 1.807) is 30.6 Å². The molecular formula is C29H31FN4O3. The zero-order valence-corrected chi connectivity index (χ0v) is 21.0. The number of pyridine rings is 1. The number of β-amino-alcohol motifs (C(OH)–C–C–N with tert-alkyl or cyclic N) is 1. The van der Waals surface area contributed by atoms with Crippen molar-refractivity contribution in [3.8, 4) is 5.75 Å². The number of nitrogens with zero attached hydrogens (tertiary/aromatic N) is 3. The predicted molar refractivity (Wildman–Crippen MR) is 141 cm³/mol. The normalized spacial score (nSPS) is 14.5. The fraction of sp³-hybridized carbons (Fsp3) is 0.310. The van der Waals surface area contributed by atoms with Crippen molar-refractivity contribution in [2.75, 3.05) is 26.2 Å². The van der Waals surface area contributed by atoms with Crippen molar-refractivity contribution in [1.82, 2.24) is 9.88 Å². The average Bonchev–Trinajstić information content (AvgIpc) is 2.91. The molecule has 0 aliphatic carbocycles. The summed E-state index contributed by atoms with van der Waals surface area (Å²) in [6.45, 7) is 5.20. The Morgan fingerprint density at radius 2 is 1.81 bits per heavy atom. The van der Waals surface area contributed by atoms with E-state index >= 15 is 4.39 Å². The maximum absolute atomic E-state index is 15.2. The average molecular weight is 503 g/mol. The van der Waals surface area contributed by atoms with Crippen LogP contribution in [0, 0.1) is 11.2 Å². The van der Waals surface area contributed by atoms with E-state index < -0.39 is 11.7 Å². The molecule has 4 rings (SSSR count). The molecule has 1 atom stereocenters. The van der Waals surface area contributed by atoms with E-state index in [1.807, 2.05) is 24.3 Å². The third kappa shape index (κ3) is 6.09. The molecule has 1 aromatic heterocycles. The first-order chi connectivity index (χ1) is 17.9. The second kappa shape index (κ2) is 11.9. The van der Waals surface area contributed by atoms with Crippen LogP contribution in [0.4, 0.5) is 4.39 Å². The predicted octanol–water partition coefficient (Wildman–Crippen LogP) is 4.35. The lowest BCUT2D eigenvalue weighted by Crippen LogP contribution is -2.46. The number of benzene rings is 2. The van der Waals surface area contributed by atoms with Gasteiger partial charge < -0.3 is 20.2 Å². The fourth-order valence-corrected chi connectivity index (χ4v) is 4.30. The van der Waals surface area contributed by atoms with Gasteiger partial charge in [-0.3, -0.25) is 14.8 Å². The molecule has 0 saturated carbocycles. The Balaban J connectivity index is 1.61. The minimum atomic E-state index is -0.886. The minimum absolute atomic E-state index is 0.0877. The van der Waals surface area contributed by atoms with E-state index in [0.717, 1.165) is 5.56 Å². The molecule has 37 heavy (non-hydrogen) atoms. The number of carbonyl (C=O) groups excluding carboxylic acids is 1. The van der Waals surface area contributed by atoms with E-state index in [-0.39, 0.29) is 42.8 Å². The quantitative estimate of drug-likeness (QED) is 0.403. The van der Waals surface area contributed by atoms with Crippen LogP contribution < -0.4 is 4.74 Å². The first kappa shape index (κ1) is 26.2. The van der Waals surface area contributed by atoms with Gasteiger partial charge in [0, 0.05) is 25.5 Å². The third-order valence-electron chi connectivity index (χ3n) is 6.41. The van der Waals surface area contributed by atoms with Gasteiger partial charge in [0.25, 0.3) is 5.91 Å². The van der Waals surface area contributed by atoms with Crippen molar-refractivity contribution < 1.29 is 19.0 Å². The SMILES string of the molecule is CC(C)c1ccc(COc2ccc(C(C(=N)c3ccncc3)C3=NCCN(CCO)C3=O)cc2F)cc1. The molecule has 1 unspecified atom stereocenters. The molecule has 0 saturated heterocycles. The van der Waals surface area contributed by atoms with Gasteiger partial charge in [-0.25, -0.2) is 4.39 Å². The highest BCUT2D eigenvalue weighted by atomic mass is 19.1. The smallest absolute Gasteiger partial charge is 0.268 e. The number of aliphatic hydroxyl groups excluding tert-OH is 1. The molecule has 7 nitrogen and oxygen atoms in total. The Bertz CT molecular complexity index is 1280. The van der Waals surface area contributed by atoms with Crippen molar-refractivity contribution in [3.63, 3.8) is 0 Å². The van der Waals surface area contributed by atoms with Gasteiger partial charge in [0.2, 0.25) is 0 Å². The van der Waals surface area contributed by atoms with Crippen LogP contribution >= 0.6 is 0 Å². The third-order valence-corrected chi connectivity index (χ3v) is 6.41. The number of amides is 1. The summed E-state index contributed by atoms with van der Waals surface area (Å²) >= 11 is 0. The highest BCUT2D eigenvalue weighted by molar-refractivity contribution is 6.46. The van der Waals surface area contributed by atoms with Crippen molar-refractivity contribution >= 4 is 17.3 Å². The topological polar surface area (TPSA) is 98.9 Å². The maximum Gasteiger partial charge on any atom is 0.268 e. The summed E-state index contributed by atoms with van der Waals surface area (Å²) in [5.41, 5.74) is 3.39. The second-order valence-electron chi connectivity index (χ2n) is 9.24. The Morgan fingerprint density at radius 1 is 1.11 bits per heavy atom. The number of aromatic nitrogens is 1. The molecule has 1 amide bonds. The Labute approximate surface area is 216 Å². The number of hydrogen-bond donors (Lipinski definition) is 2. The van der Waals surface area contributed by atoms with Crippen molar-refractivity contribution in [1.29, 1.82) is 5.41 Å². The van der Waals surface area contributed by atoms with Gasteiger partial charge in [0.1, 0.15) is 12.3 Å². The fourth-order valence-electron chi connectivity index (χ4n) is 4.30. The molecule has 8 heteroatoms. The lowest BCUT2D eigenvalue weighted by molar-refractivity contribution is -0.125. The summed E-state index contributed by atoms with van der Waals surface area (Å²) in [5.74, 6) is -1.32. The van der Waals surface area contributed by atoms with Crippen molar-refractivity contribution in [3.05, 3.63) is 95.1 Å². The summed E-state index contributed by atoms with van der Waals surface area (Å²) in [6, 6.07) is 15.9. The molecule has 2 heterocycles. The number of aliphatic imine (C=N–C) groups is 1. The number of nitrogens with one attached hydrogen (secondary N) is 1. The molecule has 0 radical (unpaired) electrons. The largest absolute Gasteiger partial charge is 0.486 e. The Morgan fingerprint density at radius 3 is 2.46 bits per heavy atom. The van der Waals surface area contributed by atoms with E-state index in [4.69, 9.17) is 10.1 Å². The summed E-state index contributed by atoms with van der Waals surface area (Å²) in [4.78, 5) is 23.2. The highest BCUT2D eigenvalue weighted by Crippen LogP contribution is 2.29. The van der Waals surface area contributed by atoms with Crippen LogP contribution in [0.15, 0.2) is 72.0 Å². The van der Waals surface area contributed by atoms with Gasteiger partial charge in [-0.05, 0) is 52.4 Å². The molecule has 2 N–H and O–H groups in total. The van der Waals surface area contributed by atoms with Crippen LogP contribution in [0.3, 0.4) is 0 Å². The van der Waals surface area contributed by atoms with Crippen molar-refractivity contribution in [2.24, 2.45) is 4.99 Å².